The highest BCUT2D eigenvalue weighted by Crippen LogP contribution is 2.32. The number of carbonyl (C=O) groups excluding carboxylic acids is 2. The predicted octanol–water partition coefficient (Wildman–Crippen LogP) is 2.29. The summed E-state index contributed by atoms with van der Waals surface area (Å²) in [5, 5.41) is 3.21. The van der Waals surface area contributed by atoms with Crippen molar-refractivity contribution in [1.82, 2.24) is 10.2 Å². The minimum atomic E-state index is -0.568. The van der Waals surface area contributed by atoms with Crippen LogP contribution >= 0.6 is 0 Å². The van der Waals surface area contributed by atoms with E-state index in [1.54, 1.807) is 0 Å². The van der Waals surface area contributed by atoms with Crippen LogP contribution in [-0.2, 0) is 16.0 Å². The van der Waals surface area contributed by atoms with E-state index in [1.165, 1.54) is 10.5 Å². The van der Waals surface area contributed by atoms with Crippen LogP contribution in [0.4, 0.5) is 0 Å². The zero-order chi connectivity index (χ0) is 15.6. The summed E-state index contributed by atoms with van der Waals surface area (Å²) in [7, 11) is 1.86. The number of hydrogen-bond donors (Lipinski definition) is 1. The van der Waals surface area contributed by atoms with E-state index >= 15 is 0 Å². The van der Waals surface area contributed by atoms with Crippen LogP contribution in [0.3, 0.4) is 0 Å². The van der Waals surface area contributed by atoms with Crippen LogP contribution in [0.2, 0.25) is 0 Å². The molecular weight excluding hydrogens is 264 g/mol. The van der Waals surface area contributed by atoms with Crippen LogP contribution < -0.4 is 5.32 Å². The third-order valence-electron chi connectivity index (χ3n) is 4.22. The number of carbonyl (C=O) groups is 2. The SMILES string of the molecule is CCc1ccc(C(CN2C(=O)CC(C)(C)C2=O)NC)cc1. The van der Waals surface area contributed by atoms with Gasteiger partial charge in [-0.2, -0.15) is 0 Å². The van der Waals surface area contributed by atoms with Crippen molar-refractivity contribution < 1.29 is 9.59 Å². The third-order valence-corrected chi connectivity index (χ3v) is 4.22. The summed E-state index contributed by atoms with van der Waals surface area (Å²) in [6.07, 6.45) is 1.30. The Hall–Kier alpha value is -1.68. The number of nitrogens with one attached hydrogen (secondary N) is 1. The van der Waals surface area contributed by atoms with Gasteiger partial charge in [-0.3, -0.25) is 14.5 Å². The first-order chi connectivity index (χ1) is 9.89. The molecule has 1 aliphatic heterocycles. The topological polar surface area (TPSA) is 49.4 Å². The van der Waals surface area contributed by atoms with Crippen molar-refractivity contribution >= 4 is 11.8 Å². The molecule has 1 aromatic carbocycles. The largest absolute Gasteiger partial charge is 0.312 e. The molecule has 1 heterocycles. The van der Waals surface area contributed by atoms with Gasteiger partial charge in [0, 0.05) is 13.0 Å². The quantitative estimate of drug-likeness (QED) is 0.846. The second-order valence-corrected chi connectivity index (χ2v) is 6.31. The number of rotatable bonds is 5. The second kappa shape index (κ2) is 5.98. The molecule has 114 valence electrons. The Morgan fingerprint density at radius 3 is 2.29 bits per heavy atom. The lowest BCUT2D eigenvalue weighted by molar-refractivity contribution is -0.141. The Balaban J connectivity index is 2.15. The lowest BCUT2D eigenvalue weighted by atomic mass is 9.92. The van der Waals surface area contributed by atoms with E-state index < -0.39 is 5.41 Å². The summed E-state index contributed by atoms with van der Waals surface area (Å²) >= 11 is 0. The molecular formula is C17H24N2O2. The number of amides is 2. The first-order valence-electron chi connectivity index (χ1n) is 7.50. The molecule has 1 aliphatic rings. The van der Waals surface area contributed by atoms with Crippen LogP contribution in [0.25, 0.3) is 0 Å². The van der Waals surface area contributed by atoms with Crippen molar-refractivity contribution in [1.29, 1.82) is 0 Å². The summed E-state index contributed by atoms with van der Waals surface area (Å²) in [5.41, 5.74) is 1.81. The number of hydrogen-bond acceptors (Lipinski definition) is 3. The van der Waals surface area contributed by atoms with Crippen LogP contribution in [0.5, 0.6) is 0 Å². The molecule has 0 bridgehead atoms. The third kappa shape index (κ3) is 3.16. The van der Waals surface area contributed by atoms with Gasteiger partial charge in [-0.05, 0) is 24.6 Å². The molecule has 1 saturated heterocycles. The van der Waals surface area contributed by atoms with E-state index in [2.05, 4.69) is 36.5 Å². The first-order valence-corrected chi connectivity index (χ1v) is 7.50. The van der Waals surface area contributed by atoms with Gasteiger partial charge in [-0.15, -0.1) is 0 Å². The number of likely N-dealkylation sites (N-methyl/N-ethyl adjacent to an activating group) is 1. The lowest BCUT2D eigenvalue weighted by Crippen LogP contribution is -2.39. The maximum Gasteiger partial charge on any atom is 0.235 e. The van der Waals surface area contributed by atoms with Gasteiger partial charge in [0.05, 0.1) is 11.5 Å². The van der Waals surface area contributed by atoms with Crippen molar-refractivity contribution in [2.45, 2.75) is 39.7 Å². The fourth-order valence-electron chi connectivity index (χ4n) is 2.74. The molecule has 21 heavy (non-hydrogen) atoms. The molecule has 1 aromatic rings. The van der Waals surface area contributed by atoms with E-state index in [4.69, 9.17) is 0 Å². The number of aryl methyl sites for hydroxylation is 1. The molecule has 2 rings (SSSR count). The fourth-order valence-corrected chi connectivity index (χ4v) is 2.74. The highest BCUT2D eigenvalue weighted by Gasteiger charge is 2.45. The monoisotopic (exact) mass is 288 g/mol. The zero-order valence-electron chi connectivity index (χ0n) is 13.3. The Bertz CT molecular complexity index is 534. The van der Waals surface area contributed by atoms with Gasteiger partial charge in [0.15, 0.2) is 0 Å². The summed E-state index contributed by atoms with van der Waals surface area (Å²) in [6, 6.07) is 8.29. The molecule has 4 heteroatoms. The molecule has 0 aliphatic carbocycles. The molecule has 2 amide bonds. The average molecular weight is 288 g/mol. The highest BCUT2D eigenvalue weighted by molar-refractivity contribution is 6.05. The molecule has 0 aromatic heterocycles. The van der Waals surface area contributed by atoms with Crippen molar-refractivity contribution in [2.75, 3.05) is 13.6 Å². The fraction of sp³-hybridized carbons (Fsp3) is 0.529. The predicted molar refractivity (Wildman–Crippen MR) is 82.7 cm³/mol. The number of imide groups is 1. The van der Waals surface area contributed by atoms with Crippen molar-refractivity contribution in [3.63, 3.8) is 0 Å². The maximum absolute atomic E-state index is 12.3. The van der Waals surface area contributed by atoms with Crippen LogP contribution in [-0.4, -0.2) is 30.3 Å². The van der Waals surface area contributed by atoms with Crippen LogP contribution in [0.15, 0.2) is 24.3 Å². The maximum atomic E-state index is 12.3. The first kappa shape index (κ1) is 15.7. The molecule has 1 fully saturated rings. The van der Waals surface area contributed by atoms with Gasteiger partial charge in [-0.25, -0.2) is 0 Å². The number of nitrogens with zero attached hydrogens (tertiary/aromatic N) is 1. The minimum Gasteiger partial charge on any atom is -0.312 e. The van der Waals surface area contributed by atoms with Gasteiger partial charge in [0.1, 0.15) is 0 Å². The summed E-state index contributed by atoms with van der Waals surface area (Å²) < 4.78 is 0. The Morgan fingerprint density at radius 1 is 1.24 bits per heavy atom. The molecule has 1 N–H and O–H groups in total. The summed E-state index contributed by atoms with van der Waals surface area (Å²) in [5.74, 6) is -0.145. The van der Waals surface area contributed by atoms with Gasteiger partial charge < -0.3 is 5.32 Å². The molecule has 1 atom stereocenters. The van der Waals surface area contributed by atoms with Gasteiger partial charge in [-0.1, -0.05) is 45.0 Å². The highest BCUT2D eigenvalue weighted by atomic mass is 16.2. The van der Waals surface area contributed by atoms with E-state index in [0.717, 1.165) is 12.0 Å². The Kier molecular flexibility index (Phi) is 4.47. The molecule has 1 unspecified atom stereocenters. The van der Waals surface area contributed by atoms with Crippen molar-refractivity contribution in [2.24, 2.45) is 5.41 Å². The summed E-state index contributed by atoms with van der Waals surface area (Å²) in [4.78, 5) is 25.8. The molecule has 4 nitrogen and oxygen atoms in total. The normalized spacial score (nSPS) is 19.1. The number of benzene rings is 1. The van der Waals surface area contributed by atoms with Gasteiger partial charge >= 0.3 is 0 Å². The van der Waals surface area contributed by atoms with E-state index in [-0.39, 0.29) is 17.9 Å². The average Bonchev–Trinajstić information content (AvgIpc) is 2.66. The van der Waals surface area contributed by atoms with E-state index in [9.17, 15) is 9.59 Å². The minimum absolute atomic E-state index is 0.0299. The van der Waals surface area contributed by atoms with Crippen molar-refractivity contribution in [3.8, 4) is 0 Å². The molecule has 0 spiro atoms. The van der Waals surface area contributed by atoms with E-state index in [1.807, 2.05) is 20.9 Å². The van der Waals surface area contributed by atoms with Crippen LogP contribution in [0, 0.1) is 5.41 Å². The van der Waals surface area contributed by atoms with Crippen molar-refractivity contribution in [3.05, 3.63) is 35.4 Å². The Morgan fingerprint density at radius 2 is 1.86 bits per heavy atom. The molecule has 0 saturated carbocycles. The standard InChI is InChI=1S/C17H24N2O2/c1-5-12-6-8-13(9-7-12)14(18-4)11-19-15(20)10-17(2,3)16(19)21/h6-9,14,18H,5,10-11H2,1-4H3. The Labute approximate surface area is 126 Å². The second-order valence-electron chi connectivity index (χ2n) is 6.31. The van der Waals surface area contributed by atoms with E-state index in [0.29, 0.717) is 13.0 Å². The van der Waals surface area contributed by atoms with Crippen LogP contribution in [0.1, 0.15) is 44.4 Å². The zero-order valence-corrected chi connectivity index (χ0v) is 13.3. The number of likely N-dealkylation sites (tertiary alicyclic amines) is 1. The summed E-state index contributed by atoms with van der Waals surface area (Å²) in [6.45, 7) is 6.17. The van der Waals surface area contributed by atoms with Gasteiger partial charge in [0.25, 0.3) is 0 Å². The smallest absolute Gasteiger partial charge is 0.235 e. The molecule has 0 radical (unpaired) electrons. The van der Waals surface area contributed by atoms with Gasteiger partial charge in [0.2, 0.25) is 11.8 Å². The lowest BCUT2D eigenvalue weighted by Gasteiger charge is -2.24.